The van der Waals surface area contributed by atoms with E-state index in [1.165, 1.54) is 39.1 Å². The zero-order valence-electron chi connectivity index (χ0n) is 14.6. The van der Waals surface area contributed by atoms with Crippen LogP contribution >= 0.6 is 22.7 Å². The molecule has 28 heavy (non-hydrogen) atoms. The lowest BCUT2D eigenvalue weighted by atomic mass is 10.1. The summed E-state index contributed by atoms with van der Waals surface area (Å²) in [5.74, 6) is 0. The molecular weight excluding hydrogens is 420 g/mol. The van der Waals surface area contributed by atoms with Gasteiger partial charge in [-0.15, -0.1) is 22.7 Å². The lowest BCUT2D eigenvalue weighted by molar-refractivity contribution is -0.384. The molecule has 0 N–H and O–H groups in total. The molecule has 1 saturated heterocycles. The number of benzene rings is 1. The van der Waals surface area contributed by atoms with Gasteiger partial charge in [-0.1, -0.05) is 6.07 Å². The van der Waals surface area contributed by atoms with Gasteiger partial charge in [-0.25, -0.2) is 13.4 Å². The molecule has 146 valence electrons. The quantitative estimate of drug-likeness (QED) is 0.450. The van der Waals surface area contributed by atoms with Gasteiger partial charge in [0.05, 0.1) is 10.6 Å². The van der Waals surface area contributed by atoms with Crippen LogP contribution in [0.5, 0.6) is 0 Å². The lowest BCUT2D eigenvalue weighted by Gasteiger charge is -2.33. The highest BCUT2D eigenvalue weighted by Gasteiger charge is 2.30. The van der Waals surface area contributed by atoms with Gasteiger partial charge >= 0.3 is 0 Å². The number of piperazine rings is 1. The summed E-state index contributed by atoms with van der Waals surface area (Å²) in [7, 11) is -3.42. The zero-order chi connectivity index (χ0) is 19.7. The van der Waals surface area contributed by atoms with Crippen molar-refractivity contribution in [2.45, 2.75) is 4.21 Å². The third-order valence-corrected chi connectivity index (χ3v) is 8.64. The maximum absolute atomic E-state index is 12.6. The number of nitrogens with zero attached hydrogens (tertiary/aromatic N) is 4. The van der Waals surface area contributed by atoms with Crippen LogP contribution in [-0.4, -0.2) is 48.8 Å². The molecule has 3 heterocycles. The van der Waals surface area contributed by atoms with E-state index in [1.807, 2.05) is 5.38 Å². The number of rotatable bonds is 5. The Labute approximate surface area is 169 Å². The van der Waals surface area contributed by atoms with Gasteiger partial charge in [0.25, 0.3) is 15.7 Å². The molecule has 0 unspecified atom stereocenters. The van der Waals surface area contributed by atoms with E-state index in [4.69, 9.17) is 0 Å². The Kier molecular flexibility index (Phi) is 5.15. The van der Waals surface area contributed by atoms with Crippen molar-refractivity contribution in [1.29, 1.82) is 0 Å². The molecule has 1 fully saturated rings. The van der Waals surface area contributed by atoms with Gasteiger partial charge in [0.15, 0.2) is 5.13 Å². The number of thiophene rings is 1. The highest BCUT2D eigenvalue weighted by Crippen LogP contribution is 2.30. The first-order valence-corrected chi connectivity index (χ1v) is 11.6. The first-order chi connectivity index (χ1) is 13.4. The Balaban J connectivity index is 1.44. The topological polar surface area (TPSA) is 96.6 Å². The molecule has 0 aliphatic carbocycles. The molecule has 0 amide bonds. The molecule has 4 rings (SSSR count). The fraction of sp³-hybridized carbons (Fsp3) is 0.235. The summed E-state index contributed by atoms with van der Waals surface area (Å²) in [6.07, 6.45) is 0. The van der Waals surface area contributed by atoms with E-state index in [1.54, 1.807) is 29.6 Å². The van der Waals surface area contributed by atoms with E-state index in [2.05, 4.69) is 9.88 Å². The van der Waals surface area contributed by atoms with E-state index in [0.29, 0.717) is 30.4 Å². The molecule has 8 nitrogen and oxygen atoms in total. The Morgan fingerprint density at radius 3 is 2.36 bits per heavy atom. The minimum atomic E-state index is -3.42. The summed E-state index contributed by atoms with van der Waals surface area (Å²) in [4.78, 5) is 17.0. The van der Waals surface area contributed by atoms with Crippen LogP contribution in [0.4, 0.5) is 10.8 Å². The number of hydrogen-bond donors (Lipinski definition) is 0. The first kappa shape index (κ1) is 19.0. The molecule has 0 saturated carbocycles. The lowest BCUT2D eigenvalue weighted by Crippen LogP contribution is -2.48. The summed E-state index contributed by atoms with van der Waals surface area (Å²) in [5, 5.41) is 15.3. The highest BCUT2D eigenvalue weighted by molar-refractivity contribution is 7.91. The second-order valence-corrected chi connectivity index (χ2v) is 10.1. The summed E-state index contributed by atoms with van der Waals surface area (Å²) >= 11 is 2.71. The third kappa shape index (κ3) is 3.65. The predicted molar refractivity (Wildman–Crippen MR) is 109 cm³/mol. The maximum Gasteiger partial charge on any atom is 0.269 e. The molecule has 0 atom stereocenters. The Bertz CT molecular complexity index is 1070. The van der Waals surface area contributed by atoms with E-state index < -0.39 is 14.9 Å². The summed E-state index contributed by atoms with van der Waals surface area (Å²) in [5.41, 5.74) is 1.61. The number of hydrogen-bond acceptors (Lipinski definition) is 8. The van der Waals surface area contributed by atoms with Crippen LogP contribution < -0.4 is 4.90 Å². The molecule has 11 heteroatoms. The van der Waals surface area contributed by atoms with Crippen molar-refractivity contribution >= 4 is 43.5 Å². The van der Waals surface area contributed by atoms with Gasteiger partial charge in [-0.3, -0.25) is 10.1 Å². The Morgan fingerprint density at radius 2 is 1.75 bits per heavy atom. The monoisotopic (exact) mass is 436 g/mol. The molecule has 0 radical (unpaired) electrons. The largest absolute Gasteiger partial charge is 0.345 e. The minimum absolute atomic E-state index is 0.0438. The number of non-ortho nitro benzene ring substituents is 1. The fourth-order valence-electron chi connectivity index (χ4n) is 2.95. The molecule has 3 aromatic rings. The van der Waals surface area contributed by atoms with Crippen LogP contribution in [0.25, 0.3) is 11.3 Å². The smallest absolute Gasteiger partial charge is 0.269 e. The zero-order valence-corrected chi connectivity index (χ0v) is 17.0. The number of nitro groups is 1. The summed E-state index contributed by atoms with van der Waals surface area (Å²) < 4.78 is 27.1. The van der Waals surface area contributed by atoms with Gasteiger partial charge < -0.3 is 4.90 Å². The number of thiazole rings is 1. The summed E-state index contributed by atoms with van der Waals surface area (Å²) in [6.45, 7) is 1.95. The first-order valence-electron chi connectivity index (χ1n) is 8.44. The van der Waals surface area contributed by atoms with Crippen molar-refractivity contribution in [1.82, 2.24) is 9.29 Å². The van der Waals surface area contributed by atoms with E-state index in [-0.39, 0.29) is 5.69 Å². The molecule has 1 aliphatic rings. The number of nitro benzene ring substituents is 1. The fourth-order valence-corrected chi connectivity index (χ4v) is 6.41. The van der Waals surface area contributed by atoms with Gasteiger partial charge in [-0.05, 0) is 23.6 Å². The second kappa shape index (κ2) is 7.59. The third-order valence-electron chi connectivity index (χ3n) is 4.46. The highest BCUT2D eigenvalue weighted by atomic mass is 32.2. The molecular formula is C17H16N4O4S3. The van der Waals surface area contributed by atoms with Gasteiger partial charge in [0.1, 0.15) is 4.21 Å². The van der Waals surface area contributed by atoms with Crippen LogP contribution in [0.1, 0.15) is 0 Å². The van der Waals surface area contributed by atoms with Gasteiger partial charge in [0, 0.05) is 49.3 Å². The van der Waals surface area contributed by atoms with Crippen molar-refractivity contribution in [2.24, 2.45) is 0 Å². The predicted octanol–water partition coefficient (Wildman–Crippen LogP) is 3.29. The molecule has 0 bridgehead atoms. The van der Waals surface area contributed by atoms with Crippen LogP contribution in [-0.2, 0) is 10.0 Å². The summed E-state index contributed by atoms with van der Waals surface area (Å²) in [6, 6.07) is 9.66. The van der Waals surface area contributed by atoms with Crippen molar-refractivity contribution in [3.05, 3.63) is 57.3 Å². The molecule has 0 spiro atoms. The standard InChI is InChI=1S/C17H16N4O4S3/c22-21(23)14-5-3-13(4-6-14)15-12-27-17(18-15)19-7-9-20(10-8-19)28(24,25)16-2-1-11-26-16/h1-6,11-12H,7-10H2. The second-order valence-electron chi connectivity index (χ2n) is 6.14. The normalized spacial score (nSPS) is 15.6. The van der Waals surface area contributed by atoms with Crippen LogP contribution in [0.15, 0.2) is 51.4 Å². The average Bonchev–Trinajstić information content (AvgIpc) is 3.41. The molecule has 2 aromatic heterocycles. The number of sulfonamides is 1. The minimum Gasteiger partial charge on any atom is -0.345 e. The van der Waals surface area contributed by atoms with Crippen LogP contribution in [0.3, 0.4) is 0 Å². The molecule has 1 aromatic carbocycles. The Hall–Kier alpha value is -2.34. The van der Waals surface area contributed by atoms with E-state index in [0.717, 1.165) is 16.4 Å². The maximum atomic E-state index is 12.6. The average molecular weight is 437 g/mol. The van der Waals surface area contributed by atoms with Crippen molar-refractivity contribution in [2.75, 3.05) is 31.1 Å². The van der Waals surface area contributed by atoms with Crippen LogP contribution in [0, 0.1) is 10.1 Å². The van der Waals surface area contributed by atoms with E-state index in [9.17, 15) is 18.5 Å². The van der Waals surface area contributed by atoms with E-state index >= 15 is 0 Å². The van der Waals surface area contributed by atoms with Crippen molar-refractivity contribution < 1.29 is 13.3 Å². The van der Waals surface area contributed by atoms with Crippen molar-refractivity contribution in [3.8, 4) is 11.3 Å². The number of aromatic nitrogens is 1. The SMILES string of the molecule is O=[N+]([O-])c1ccc(-c2csc(N3CCN(S(=O)(=O)c4cccs4)CC3)n2)cc1. The van der Waals surface area contributed by atoms with Gasteiger partial charge in [0.2, 0.25) is 0 Å². The number of anilines is 1. The van der Waals surface area contributed by atoms with Crippen molar-refractivity contribution in [3.63, 3.8) is 0 Å². The Morgan fingerprint density at radius 1 is 1.04 bits per heavy atom. The molecule has 1 aliphatic heterocycles. The van der Waals surface area contributed by atoms with Crippen LogP contribution in [0.2, 0.25) is 0 Å². The van der Waals surface area contributed by atoms with Gasteiger partial charge in [-0.2, -0.15) is 4.31 Å².